The third-order valence-corrected chi connectivity index (χ3v) is 2.95. The molecule has 0 fully saturated rings. The number of amides is 1. The van der Waals surface area contributed by atoms with Crippen molar-refractivity contribution in [1.82, 2.24) is 0 Å². The summed E-state index contributed by atoms with van der Waals surface area (Å²) in [5.74, 6) is -0.548. The van der Waals surface area contributed by atoms with Crippen molar-refractivity contribution in [2.45, 2.75) is 0 Å². The molecule has 4 heteroatoms. The Morgan fingerprint density at radius 2 is 2.00 bits per heavy atom. The molecule has 0 unspecified atom stereocenters. The molecular formula is C15H10FNO2. The van der Waals surface area contributed by atoms with E-state index in [2.05, 4.69) is 5.32 Å². The standard InChI is InChI=1S/C15H10FNO2/c16-10-4-5-14-12(8-10)13(15(19)17-14)7-9-2-1-3-11(18)6-9/h1-8,18H,(H,17,19)/b13-7-. The van der Waals surface area contributed by atoms with Gasteiger partial charge in [0.1, 0.15) is 11.6 Å². The highest BCUT2D eigenvalue weighted by molar-refractivity contribution is 6.34. The summed E-state index contributed by atoms with van der Waals surface area (Å²) in [6.07, 6.45) is 1.63. The van der Waals surface area contributed by atoms with Crippen LogP contribution in [0.1, 0.15) is 11.1 Å². The van der Waals surface area contributed by atoms with E-state index in [1.54, 1.807) is 24.3 Å². The molecule has 0 radical (unpaired) electrons. The zero-order valence-corrected chi connectivity index (χ0v) is 9.85. The van der Waals surface area contributed by atoms with Gasteiger partial charge in [-0.3, -0.25) is 4.79 Å². The number of benzene rings is 2. The van der Waals surface area contributed by atoms with Crippen LogP contribution in [-0.2, 0) is 4.79 Å². The topological polar surface area (TPSA) is 49.3 Å². The fourth-order valence-electron chi connectivity index (χ4n) is 2.08. The largest absolute Gasteiger partial charge is 0.508 e. The van der Waals surface area contributed by atoms with E-state index in [1.807, 2.05) is 0 Å². The first-order valence-electron chi connectivity index (χ1n) is 5.75. The summed E-state index contributed by atoms with van der Waals surface area (Å²) >= 11 is 0. The summed E-state index contributed by atoms with van der Waals surface area (Å²) in [7, 11) is 0. The second-order valence-corrected chi connectivity index (χ2v) is 4.30. The van der Waals surface area contributed by atoms with Gasteiger partial charge in [-0.2, -0.15) is 0 Å². The van der Waals surface area contributed by atoms with Gasteiger partial charge in [-0.15, -0.1) is 0 Å². The second kappa shape index (κ2) is 4.24. The maximum absolute atomic E-state index is 13.3. The van der Waals surface area contributed by atoms with Gasteiger partial charge in [-0.1, -0.05) is 12.1 Å². The monoisotopic (exact) mass is 255 g/mol. The van der Waals surface area contributed by atoms with Gasteiger partial charge < -0.3 is 10.4 Å². The van der Waals surface area contributed by atoms with Crippen LogP contribution in [0.3, 0.4) is 0 Å². The van der Waals surface area contributed by atoms with Gasteiger partial charge in [0.15, 0.2) is 0 Å². The molecule has 2 aromatic carbocycles. The number of fused-ring (bicyclic) bond motifs is 1. The predicted octanol–water partition coefficient (Wildman–Crippen LogP) is 3.02. The van der Waals surface area contributed by atoms with Crippen molar-refractivity contribution in [3.8, 4) is 5.75 Å². The van der Waals surface area contributed by atoms with Crippen LogP contribution in [0.2, 0.25) is 0 Å². The minimum Gasteiger partial charge on any atom is -0.508 e. The number of carbonyl (C=O) groups is 1. The smallest absolute Gasteiger partial charge is 0.256 e. The Labute approximate surface area is 109 Å². The highest BCUT2D eigenvalue weighted by Crippen LogP contribution is 2.33. The Bertz CT molecular complexity index is 707. The van der Waals surface area contributed by atoms with E-state index in [0.29, 0.717) is 22.4 Å². The summed E-state index contributed by atoms with van der Waals surface area (Å²) in [5, 5.41) is 12.1. The lowest BCUT2D eigenvalue weighted by molar-refractivity contribution is -0.110. The van der Waals surface area contributed by atoms with Crippen LogP contribution < -0.4 is 5.32 Å². The van der Waals surface area contributed by atoms with Crippen LogP contribution >= 0.6 is 0 Å². The van der Waals surface area contributed by atoms with E-state index >= 15 is 0 Å². The van der Waals surface area contributed by atoms with E-state index < -0.39 is 5.82 Å². The lowest BCUT2D eigenvalue weighted by atomic mass is 10.0. The number of halogens is 1. The van der Waals surface area contributed by atoms with Crippen molar-refractivity contribution >= 4 is 23.2 Å². The number of nitrogens with one attached hydrogen (secondary N) is 1. The van der Waals surface area contributed by atoms with Crippen molar-refractivity contribution in [2.75, 3.05) is 5.32 Å². The number of anilines is 1. The molecular weight excluding hydrogens is 245 g/mol. The zero-order valence-electron chi connectivity index (χ0n) is 9.85. The molecule has 1 amide bonds. The maximum atomic E-state index is 13.3. The van der Waals surface area contributed by atoms with Gasteiger partial charge in [0, 0.05) is 16.8 Å². The summed E-state index contributed by atoms with van der Waals surface area (Å²) in [6.45, 7) is 0. The Kier molecular flexibility index (Phi) is 2.56. The first kappa shape index (κ1) is 11.5. The molecule has 0 saturated heterocycles. The van der Waals surface area contributed by atoms with Crippen LogP contribution in [0.15, 0.2) is 42.5 Å². The van der Waals surface area contributed by atoms with Crippen LogP contribution in [0, 0.1) is 5.82 Å². The van der Waals surface area contributed by atoms with E-state index in [4.69, 9.17) is 0 Å². The van der Waals surface area contributed by atoms with Crippen molar-refractivity contribution in [3.63, 3.8) is 0 Å². The van der Waals surface area contributed by atoms with Gasteiger partial charge in [0.25, 0.3) is 5.91 Å². The molecule has 2 N–H and O–H groups in total. The Morgan fingerprint density at radius 1 is 1.16 bits per heavy atom. The third-order valence-electron chi connectivity index (χ3n) is 2.95. The van der Waals surface area contributed by atoms with Crippen molar-refractivity contribution < 1.29 is 14.3 Å². The van der Waals surface area contributed by atoms with Gasteiger partial charge in [-0.05, 0) is 42.0 Å². The van der Waals surface area contributed by atoms with Gasteiger partial charge in [-0.25, -0.2) is 4.39 Å². The third kappa shape index (κ3) is 2.08. The molecule has 19 heavy (non-hydrogen) atoms. The lowest BCUT2D eigenvalue weighted by Gasteiger charge is -1.99. The number of carbonyl (C=O) groups excluding carboxylic acids is 1. The number of rotatable bonds is 1. The Balaban J connectivity index is 2.11. The molecule has 3 rings (SSSR count). The van der Waals surface area contributed by atoms with E-state index in [1.165, 1.54) is 24.3 Å². The number of phenolic OH excluding ortho intramolecular Hbond substituents is 1. The van der Waals surface area contributed by atoms with E-state index in [9.17, 15) is 14.3 Å². The fraction of sp³-hybridized carbons (Fsp3) is 0. The molecule has 0 aliphatic carbocycles. The SMILES string of the molecule is O=C1Nc2ccc(F)cc2/C1=C/c1cccc(O)c1. The summed E-state index contributed by atoms with van der Waals surface area (Å²) in [6, 6.07) is 10.7. The fourth-order valence-corrected chi connectivity index (χ4v) is 2.08. The Morgan fingerprint density at radius 3 is 2.79 bits per heavy atom. The molecule has 94 valence electrons. The average Bonchev–Trinajstić information content (AvgIpc) is 2.66. The van der Waals surface area contributed by atoms with Gasteiger partial charge in [0.05, 0.1) is 0 Å². The molecule has 1 aliphatic heterocycles. The molecule has 0 aromatic heterocycles. The lowest BCUT2D eigenvalue weighted by Crippen LogP contribution is -2.03. The van der Waals surface area contributed by atoms with E-state index in [-0.39, 0.29) is 11.7 Å². The number of hydrogen-bond acceptors (Lipinski definition) is 2. The molecule has 1 heterocycles. The van der Waals surface area contributed by atoms with Gasteiger partial charge in [0.2, 0.25) is 0 Å². The minimum absolute atomic E-state index is 0.118. The normalized spacial score (nSPS) is 15.4. The van der Waals surface area contributed by atoms with Crippen molar-refractivity contribution in [3.05, 3.63) is 59.4 Å². The average molecular weight is 255 g/mol. The molecule has 2 aromatic rings. The highest BCUT2D eigenvalue weighted by Gasteiger charge is 2.24. The Hall–Kier alpha value is -2.62. The zero-order chi connectivity index (χ0) is 13.4. The first-order chi connectivity index (χ1) is 9.13. The van der Waals surface area contributed by atoms with Crippen molar-refractivity contribution in [2.24, 2.45) is 0 Å². The van der Waals surface area contributed by atoms with Crippen LogP contribution in [-0.4, -0.2) is 11.0 Å². The second-order valence-electron chi connectivity index (χ2n) is 4.30. The van der Waals surface area contributed by atoms with Crippen LogP contribution in [0.4, 0.5) is 10.1 Å². The van der Waals surface area contributed by atoms with E-state index in [0.717, 1.165) is 0 Å². The number of aromatic hydroxyl groups is 1. The molecule has 0 atom stereocenters. The summed E-state index contributed by atoms with van der Waals surface area (Å²) < 4.78 is 13.3. The first-order valence-corrected chi connectivity index (χ1v) is 5.75. The maximum Gasteiger partial charge on any atom is 0.256 e. The quantitative estimate of drug-likeness (QED) is 0.769. The summed E-state index contributed by atoms with van der Waals surface area (Å²) in [5.41, 5.74) is 2.20. The van der Waals surface area contributed by atoms with Crippen LogP contribution in [0.25, 0.3) is 11.6 Å². The predicted molar refractivity (Wildman–Crippen MR) is 71.0 cm³/mol. The van der Waals surface area contributed by atoms with Crippen molar-refractivity contribution in [1.29, 1.82) is 0 Å². The van der Waals surface area contributed by atoms with Gasteiger partial charge >= 0.3 is 0 Å². The minimum atomic E-state index is -0.392. The number of hydrogen-bond donors (Lipinski definition) is 2. The summed E-state index contributed by atoms with van der Waals surface area (Å²) in [4.78, 5) is 11.9. The number of phenols is 1. The molecule has 0 bridgehead atoms. The molecule has 3 nitrogen and oxygen atoms in total. The molecule has 0 spiro atoms. The highest BCUT2D eigenvalue weighted by atomic mass is 19.1. The molecule has 0 saturated carbocycles. The van der Waals surface area contributed by atoms with Crippen LogP contribution in [0.5, 0.6) is 5.75 Å². The molecule has 1 aliphatic rings.